The highest BCUT2D eigenvalue weighted by atomic mass is 35.5. The van der Waals surface area contributed by atoms with E-state index in [1.807, 2.05) is 43.3 Å². The minimum atomic E-state index is -0.323. The van der Waals surface area contributed by atoms with Gasteiger partial charge in [0.15, 0.2) is 17.3 Å². The second kappa shape index (κ2) is 8.28. The number of ketones is 1. The zero-order valence-electron chi connectivity index (χ0n) is 19.1. The summed E-state index contributed by atoms with van der Waals surface area (Å²) in [4.78, 5) is 28.8. The number of allylic oxidation sites excluding steroid dienone is 2. The van der Waals surface area contributed by atoms with Gasteiger partial charge in [-0.3, -0.25) is 14.5 Å². The molecule has 1 aliphatic carbocycles. The Bertz CT molecular complexity index is 1130. The van der Waals surface area contributed by atoms with Crippen molar-refractivity contribution in [2.75, 3.05) is 19.1 Å². The summed E-state index contributed by atoms with van der Waals surface area (Å²) in [7, 11) is 3.16. The number of carbonyl (C=O) groups is 2. The first-order chi connectivity index (χ1) is 15.1. The number of carbonyl (C=O) groups excluding carboxylic acids is 2. The molecule has 1 heterocycles. The van der Waals surface area contributed by atoms with E-state index in [4.69, 9.17) is 21.1 Å². The summed E-state index contributed by atoms with van der Waals surface area (Å²) in [5.41, 5.74) is 3.82. The van der Waals surface area contributed by atoms with Gasteiger partial charge < -0.3 is 9.47 Å². The molecule has 0 fully saturated rings. The molecule has 2 aromatic rings. The number of aryl methyl sites for hydroxylation is 1. The molecule has 0 radical (unpaired) electrons. The Labute approximate surface area is 194 Å². The van der Waals surface area contributed by atoms with Crippen LogP contribution in [-0.4, -0.2) is 25.9 Å². The monoisotopic (exact) mass is 453 g/mol. The van der Waals surface area contributed by atoms with Crippen LogP contribution in [0, 0.1) is 12.3 Å². The maximum absolute atomic E-state index is 13.6. The lowest BCUT2D eigenvalue weighted by Gasteiger charge is -2.43. The zero-order chi connectivity index (χ0) is 23.2. The van der Waals surface area contributed by atoms with Gasteiger partial charge in [0.1, 0.15) is 0 Å². The van der Waals surface area contributed by atoms with Crippen LogP contribution in [0.2, 0.25) is 5.02 Å². The number of Topliss-reactive ketones (excluding diaryl/α,β-unsaturated/α-hetero) is 1. The molecule has 2 aromatic carbocycles. The maximum atomic E-state index is 13.6. The molecule has 0 N–H and O–H groups in total. The summed E-state index contributed by atoms with van der Waals surface area (Å²) in [6.07, 6.45) is 1.29. The minimum absolute atomic E-state index is 0.0422. The van der Waals surface area contributed by atoms with E-state index in [2.05, 4.69) is 13.8 Å². The molecule has 32 heavy (non-hydrogen) atoms. The zero-order valence-corrected chi connectivity index (χ0v) is 19.9. The molecule has 0 aromatic heterocycles. The molecule has 5 nitrogen and oxygen atoms in total. The Morgan fingerprint density at radius 1 is 1.00 bits per heavy atom. The van der Waals surface area contributed by atoms with Gasteiger partial charge in [0.2, 0.25) is 5.91 Å². The lowest BCUT2D eigenvalue weighted by molar-refractivity contribution is -0.121. The predicted molar refractivity (Wildman–Crippen MR) is 126 cm³/mol. The quantitative estimate of drug-likeness (QED) is 0.584. The van der Waals surface area contributed by atoms with Gasteiger partial charge in [-0.15, -0.1) is 0 Å². The summed E-state index contributed by atoms with van der Waals surface area (Å²) in [5.74, 6) is 0.917. The molecule has 0 unspecified atom stereocenters. The van der Waals surface area contributed by atoms with Gasteiger partial charge in [-0.05, 0) is 54.2 Å². The first-order valence-electron chi connectivity index (χ1n) is 10.7. The van der Waals surface area contributed by atoms with Gasteiger partial charge in [-0.1, -0.05) is 37.6 Å². The average molecular weight is 454 g/mol. The average Bonchev–Trinajstić information content (AvgIpc) is 2.73. The van der Waals surface area contributed by atoms with Crippen molar-refractivity contribution < 1.29 is 19.1 Å². The lowest BCUT2D eigenvalue weighted by Crippen LogP contribution is -2.44. The number of nitrogens with zero attached hydrogens (tertiary/aromatic N) is 1. The molecule has 1 amide bonds. The van der Waals surface area contributed by atoms with Gasteiger partial charge in [0.05, 0.1) is 19.9 Å². The molecule has 0 saturated carbocycles. The summed E-state index contributed by atoms with van der Waals surface area (Å²) in [6, 6.07) is 11.1. The first-order valence-corrected chi connectivity index (χ1v) is 11.1. The van der Waals surface area contributed by atoms with Crippen LogP contribution in [0.25, 0.3) is 0 Å². The molecule has 1 atom stereocenters. The molecule has 0 spiro atoms. The van der Waals surface area contributed by atoms with Crippen molar-refractivity contribution in [3.8, 4) is 11.5 Å². The fourth-order valence-electron chi connectivity index (χ4n) is 4.87. The number of methoxy groups -OCH3 is 2. The molecular formula is C26H28ClNO4. The third-order valence-corrected chi connectivity index (χ3v) is 6.60. The van der Waals surface area contributed by atoms with Crippen molar-refractivity contribution >= 4 is 29.0 Å². The Morgan fingerprint density at radius 3 is 2.41 bits per heavy atom. The Balaban J connectivity index is 1.91. The molecule has 1 aliphatic heterocycles. The standard InChI is InChI=1S/C26H28ClNO4/c1-15-6-8-17(27)11-19(15)28-20-13-26(2,3)14-21(29)25(20)18(12-24(28)30)16-7-9-22(31-4)23(10-16)32-5/h6-11,18H,12-14H2,1-5H3/t18-/m1/s1. The number of rotatable bonds is 4. The first kappa shape index (κ1) is 22.4. The number of halogens is 1. The van der Waals surface area contributed by atoms with Gasteiger partial charge >= 0.3 is 0 Å². The van der Waals surface area contributed by atoms with Crippen LogP contribution >= 0.6 is 11.6 Å². The third-order valence-electron chi connectivity index (χ3n) is 6.36. The largest absolute Gasteiger partial charge is 0.493 e. The summed E-state index contributed by atoms with van der Waals surface area (Å²) >= 11 is 6.28. The number of hydrogen-bond acceptors (Lipinski definition) is 4. The number of amides is 1. The fraction of sp³-hybridized carbons (Fsp3) is 0.385. The Morgan fingerprint density at radius 2 is 1.72 bits per heavy atom. The maximum Gasteiger partial charge on any atom is 0.232 e. The van der Waals surface area contributed by atoms with Gasteiger partial charge in [0, 0.05) is 35.1 Å². The molecule has 6 heteroatoms. The second-order valence-corrected chi connectivity index (χ2v) is 9.77. The van der Waals surface area contributed by atoms with Crippen LogP contribution in [0.4, 0.5) is 5.69 Å². The van der Waals surface area contributed by atoms with E-state index in [1.165, 1.54) is 0 Å². The SMILES string of the molecule is COc1ccc([C@H]2CC(=O)N(c3cc(Cl)ccc3C)C3=C2C(=O)CC(C)(C)C3)cc1OC. The summed E-state index contributed by atoms with van der Waals surface area (Å²) < 4.78 is 10.8. The molecule has 0 bridgehead atoms. The van der Waals surface area contributed by atoms with E-state index >= 15 is 0 Å². The van der Waals surface area contributed by atoms with E-state index in [0.29, 0.717) is 29.4 Å². The minimum Gasteiger partial charge on any atom is -0.493 e. The van der Waals surface area contributed by atoms with Crippen LogP contribution in [0.1, 0.15) is 50.2 Å². The number of anilines is 1. The fourth-order valence-corrected chi connectivity index (χ4v) is 5.04. The van der Waals surface area contributed by atoms with Gasteiger partial charge in [-0.2, -0.15) is 0 Å². The highest BCUT2D eigenvalue weighted by Gasteiger charge is 2.44. The van der Waals surface area contributed by atoms with Crippen LogP contribution < -0.4 is 14.4 Å². The van der Waals surface area contributed by atoms with Crippen LogP contribution in [0.3, 0.4) is 0 Å². The van der Waals surface area contributed by atoms with Gasteiger partial charge in [0.25, 0.3) is 0 Å². The Hall–Kier alpha value is -2.79. The third kappa shape index (κ3) is 3.90. The van der Waals surface area contributed by atoms with E-state index in [1.54, 1.807) is 19.1 Å². The molecule has 168 valence electrons. The van der Waals surface area contributed by atoms with Crippen molar-refractivity contribution in [2.24, 2.45) is 5.41 Å². The normalized spacial score (nSPS) is 20.3. The highest BCUT2D eigenvalue weighted by Crippen LogP contribution is 2.49. The van der Waals surface area contributed by atoms with E-state index in [9.17, 15) is 9.59 Å². The number of benzene rings is 2. The van der Waals surface area contributed by atoms with Crippen molar-refractivity contribution in [1.82, 2.24) is 0 Å². The molecule has 2 aliphatic rings. The smallest absolute Gasteiger partial charge is 0.232 e. The lowest BCUT2D eigenvalue weighted by atomic mass is 9.69. The highest BCUT2D eigenvalue weighted by molar-refractivity contribution is 6.31. The van der Waals surface area contributed by atoms with Crippen molar-refractivity contribution in [1.29, 1.82) is 0 Å². The van der Waals surface area contributed by atoms with E-state index < -0.39 is 0 Å². The molecule has 4 rings (SSSR count). The molecular weight excluding hydrogens is 426 g/mol. The topological polar surface area (TPSA) is 55.8 Å². The van der Waals surface area contributed by atoms with Crippen LogP contribution in [0.5, 0.6) is 11.5 Å². The van der Waals surface area contributed by atoms with Crippen LogP contribution in [0.15, 0.2) is 47.7 Å². The van der Waals surface area contributed by atoms with Crippen molar-refractivity contribution in [3.63, 3.8) is 0 Å². The number of ether oxygens (including phenoxy) is 2. The van der Waals surface area contributed by atoms with Crippen LogP contribution in [-0.2, 0) is 9.59 Å². The van der Waals surface area contributed by atoms with E-state index in [0.717, 1.165) is 28.1 Å². The van der Waals surface area contributed by atoms with Gasteiger partial charge in [-0.25, -0.2) is 0 Å². The predicted octanol–water partition coefficient (Wildman–Crippen LogP) is 5.83. The molecule has 0 saturated heterocycles. The van der Waals surface area contributed by atoms with E-state index in [-0.39, 0.29) is 29.4 Å². The second-order valence-electron chi connectivity index (χ2n) is 9.33. The summed E-state index contributed by atoms with van der Waals surface area (Å²) in [5, 5.41) is 0.559. The summed E-state index contributed by atoms with van der Waals surface area (Å²) in [6.45, 7) is 6.10. The number of hydrogen-bond donors (Lipinski definition) is 0. The van der Waals surface area contributed by atoms with Crippen molar-refractivity contribution in [2.45, 2.75) is 46.0 Å². The Kier molecular flexibility index (Phi) is 5.80. The van der Waals surface area contributed by atoms with Crippen molar-refractivity contribution in [3.05, 3.63) is 63.8 Å².